The third-order valence-corrected chi connectivity index (χ3v) is 5.52. The summed E-state index contributed by atoms with van der Waals surface area (Å²) in [4.78, 5) is 15.1. The van der Waals surface area contributed by atoms with Gasteiger partial charge in [-0.3, -0.25) is 4.79 Å². The smallest absolute Gasteiger partial charge is 0.226 e. The van der Waals surface area contributed by atoms with E-state index in [-0.39, 0.29) is 11.8 Å². The Balaban J connectivity index is 1.52. The zero-order valence-corrected chi connectivity index (χ0v) is 16.7. The molecule has 0 unspecified atom stereocenters. The van der Waals surface area contributed by atoms with E-state index in [1.165, 1.54) is 0 Å². The molecule has 1 fully saturated rings. The number of ether oxygens (including phenoxy) is 1. The van der Waals surface area contributed by atoms with Gasteiger partial charge in [-0.25, -0.2) is 0 Å². The van der Waals surface area contributed by atoms with Crippen LogP contribution in [0, 0.1) is 5.92 Å². The average Bonchev–Trinajstić information content (AvgIpc) is 3.46. The largest absolute Gasteiger partial charge is 0.497 e. The zero-order chi connectivity index (χ0) is 20.1. The molecule has 1 saturated carbocycles. The van der Waals surface area contributed by atoms with Crippen LogP contribution in [-0.4, -0.2) is 23.1 Å². The fraction of sp³-hybridized carbons (Fsp3) is 0.333. The van der Waals surface area contributed by atoms with Crippen molar-refractivity contribution in [3.8, 4) is 17.1 Å². The van der Waals surface area contributed by atoms with Crippen LogP contribution in [0.15, 0.2) is 65.2 Å². The molecule has 1 amide bonds. The molecule has 0 aliphatic heterocycles. The maximum absolute atomic E-state index is 13.2. The minimum atomic E-state index is 0.131. The minimum absolute atomic E-state index is 0.131. The number of carbonyl (C=O) groups is 1. The summed E-state index contributed by atoms with van der Waals surface area (Å²) in [6.45, 7) is 1.03. The highest BCUT2D eigenvalue weighted by atomic mass is 16.5. The van der Waals surface area contributed by atoms with E-state index in [9.17, 15) is 4.79 Å². The van der Waals surface area contributed by atoms with E-state index in [1.54, 1.807) is 7.11 Å². The fourth-order valence-corrected chi connectivity index (χ4v) is 3.92. The monoisotopic (exact) mass is 390 g/mol. The molecule has 1 aliphatic carbocycles. The van der Waals surface area contributed by atoms with Crippen molar-refractivity contribution in [2.24, 2.45) is 5.92 Å². The van der Waals surface area contributed by atoms with Crippen molar-refractivity contribution in [3.63, 3.8) is 0 Å². The maximum atomic E-state index is 13.2. The van der Waals surface area contributed by atoms with Crippen LogP contribution in [0.4, 0.5) is 0 Å². The van der Waals surface area contributed by atoms with Gasteiger partial charge in [0.25, 0.3) is 0 Å². The van der Waals surface area contributed by atoms with Crippen molar-refractivity contribution in [2.75, 3.05) is 7.11 Å². The summed E-state index contributed by atoms with van der Waals surface area (Å²) in [5.74, 6) is 1.84. The van der Waals surface area contributed by atoms with Crippen LogP contribution in [0.2, 0.25) is 0 Å². The molecule has 0 N–H and O–H groups in total. The molecular formula is C24H26N2O3. The first-order valence-electron chi connectivity index (χ1n) is 10.2. The number of rotatable bonds is 7. The van der Waals surface area contributed by atoms with Gasteiger partial charge in [-0.1, -0.05) is 48.3 Å². The Morgan fingerprint density at radius 3 is 2.48 bits per heavy atom. The van der Waals surface area contributed by atoms with Crippen molar-refractivity contribution in [1.29, 1.82) is 0 Å². The highest BCUT2D eigenvalue weighted by Gasteiger charge is 2.28. The first-order chi connectivity index (χ1) is 14.2. The first-order valence-corrected chi connectivity index (χ1v) is 10.2. The molecule has 150 valence electrons. The Hall–Kier alpha value is -3.08. The highest BCUT2D eigenvalue weighted by molar-refractivity contribution is 5.79. The van der Waals surface area contributed by atoms with Crippen LogP contribution in [0.3, 0.4) is 0 Å². The molecule has 0 atom stereocenters. The number of benzene rings is 2. The number of hydrogen-bond donors (Lipinski definition) is 0. The molecule has 5 nitrogen and oxygen atoms in total. The number of hydrogen-bond acceptors (Lipinski definition) is 4. The Bertz CT molecular complexity index is 928. The van der Waals surface area contributed by atoms with E-state index in [0.717, 1.165) is 48.3 Å². The Kier molecular flexibility index (Phi) is 5.94. The second-order valence-corrected chi connectivity index (χ2v) is 7.57. The lowest BCUT2D eigenvalue weighted by Crippen LogP contribution is -2.34. The highest BCUT2D eigenvalue weighted by Crippen LogP contribution is 2.29. The SMILES string of the molecule is COc1ccc(-c2cc(CN(Cc3ccccc3)C(=O)C3CCCC3)no2)cc1. The van der Waals surface area contributed by atoms with E-state index in [0.29, 0.717) is 18.8 Å². The predicted molar refractivity (Wildman–Crippen MR) is 111 cm³/mol. The van der Waals surface area contributed by atoms with Crippen LogP contribution >= 0.6 is 0 Å². The van der Waals surface area contributed by atoms with Crippen LogP contribution in [0.1, 0.15) is 36.9 Å². The normalized spacial score (nSPS) is 14.1. The number of nitrogens with zero attached hydrogens (tertiary/aromatic N) is 2. The molecule has 0 spiro atoms. The maximum Gasteiger partial charge on any atom is 0.226 e. The molecule has 0 saturated heterocycles. The fourth-order valence-electron chi connectivity index (χ4n) is 3.92. The van der Waals surface area contributed by atoms with Gasteiger partial charge in [-0.2, -0.15) is 0 Å². The van der Waals surface area contributed by atoms with E-state index < -0.39 is 0 Å². The molecule has 0 radical (unpaired) electrons. The van der Waals surface area contributed by atoms with Crippen molar-refractivity contribution in [1.82, 2.24) is 10.1 Å². The van der Waals surface area contributed by atoms with Gasteiger partial charge in [0.1, 0.15) is 11.4 Å². The Morgan fingerprint density at radius 2 is 1.79 bits per heavy atom. The van der Waals surface area contributed by atoms with E-state index >= 15 is 0 Å². The topological polar surface area (TPSA) is 55.6 Å². The first kappa shape index (κ1) is 19.2. The van der Waals surface area contributed by atoms with Crippen LogP contribution in [-0.2, 0) is 17.9 Å². The third kappa shape index (κ3) is 4.67. The summed E-state index contributed by atoms with van der Waals surface area (Å²) in [6.07, 6.45) is 4.25. The molecule has 5 heteroatoms. The summed E-state index contributed by atoms with van der Waals surface area (Å²) in [6, 6.07) is 19.7. The standard InChI is InChI=1S/C24H26N2O3/c1-28-22-13-11-19(12-14-22)23-15-21(25-29-23)17-26(16-18-7-3-2-4-8-18)24(27)20-9-5-6-10-20/h2-4,7-8,11-15,20H,5-6,9-10,16-17H2,1H3. The van der Waals surface area contributed by atoms with Crippen molar-refractivity contribution < 1.29 is 14.1 Å². The summed E-state index contributed by atoms with van der Waals surface area (Å²) < 4.78 is 10.8. The van der Waals surface area contributed by atoms with Gasteiger partial charge in [-0.15, -0.1) is 0 Å². The summed E-state index contributed by atoms with van der Waals surface area (Å²) in [7, 11) is 1.64. The lowest BCUT2D eigenvalue weighted by Gasteiger charge is -2.25. The lowest BCUT2D eigenvalue weighted by atomic mass is 10.1. The van der Waals surface area contributed by atoms with E-state index in [2.05, 4.69) is 17.3 Å². The van der Waals surface area contributed by atoms with Crippen LogP contribution in [0.5, 0.6) is 5.75 Å². The van der Waals surface area contributed by atoms with Gasteiger partial charge in [0.2, 0.25) is 5.91 Å². The van der Waals surface area contributed by atoms with Crippen molar-refractivity contribution >= 4 is 5.91 Å². The third-order valence-electron chi connectivity index (χ3n) is 5.52. The molecule has 0 bridgehead atoms. The van der Waals surface area contributed by atoms with Crippen molar-refractivity contribution in [2.45, 2.75) is 38.8 Å². The van der Waals surface area contributed by atoms with Gasteiger partial charge in [-0.05, 0) is 42.7 Å². The molecular weight excluding hydrogens is 364 g/mol. The molecule has 3 aromatic rings. The quantitative estimate of drug-likeness (QED) is 0.565. The minimum Gasteiger partial charge on any atom is -0.497 e. The zero-order valence-electron chi connectivity index (χ0n) is 16.7. The molecule has 1 aliphatic rings. The van der Waals surface area contributed by atoms with Gasteiger partial charge in [0.05, 0.1) is 13.7 Å². The second kappa shape index (κ2) is 8.95. The van der Waals surface area contributed by atoms with Gasteiger partial charge < -0.3 is 14.2 Å². The Labute approximate surface area is 171 Å². The summed E-state index contributed by atoms with van der Waals surface area (Å²) in [5.41, 5.74) is 2.82. The van der Waals surface area contributed by atoms with E-state index in [1.807, 2.05) is 53.4 Å². The van der Waals surface area contributed by atoms with E-state index in [4.69, 9.17) is 9.26 Å². The summed E-state index contributed by atoms with van der Waals surface area (Å²) in [5, 5.41) is 4.23. The van der Waals surface area contributed by atoms with Gasteiger partial charge in [0, 0.05) is 24.1 Å². The Morgan fingerprint density at radius 1 is 1.07 bits per heavy atom. The second-order valence-electron chi connectivity index (χ2n) is 7.57. The molecule has 1 heterocycles. The van der Waals surface area contributed by atoms with Crippen LogP contribution in [0.25, 0.3) is 11.3 Å². The molecule has 1 aromatic heterocycles. The molecule has 29 heavy (non-hydrogen) atoms. The average molecular weight is 390 g/mol. The van der Waals surface area contributed by atoms with Crippen LogP contribution < -0.4 is 4.74 Å². The molecule has 2 aromatic carbocycles. The number of amides is 1. The van der Waals surface area contributed by atoms with Crippen molar-refractivity contribution in [3.05, 3.63) is 71.9 Å². The molecule has 4 rings (SSSR count). The van der Waals surface area contributed by atoms with Gasteiger partial charge >= 0.3 is 0 Å². The number of methoxy groups -OCH3 is 1. The summed E-state index contributed by atoms with van der Waals surface area (Å²) >= 11 is 0. The number of aromatic nitrogens is 1. The predicted octanol–water partition coefficient (Wildman–Crippen LogP) is 5.07. The number of carbonyl (C=O) groups excluding carboxylic acids is 1. The van der Waals surface area contributed by atoms with Gasteiger partial charge in [0.15, 0.2) is 5.76 Å². The lowest BCUT2D eigenvalue weighted by molar-refractivity contribution is -0.136.